The maximum absolute atomic E-state index is 11.4. The fourth-order valence-electron chi connectivity index (χ4n) is 2.56. The summed E-state index contributed by atoms with van der Waals surface area (Å²) >= 11 is 0. The zero-order valence-electron chi connectivity index (χ0n) is 13.8. The van der Waals surface area contributed by atoms with Crippen molar-refractivity contribution < 1.29 is 9.53 Å². The first-order valence-corrected chi connectivity index (χ1v) is 7.77. The van der Waals surface area contributed by atoms with Crippen LogP contribution in [0, 0.1) is 0 Å². The molecule has 0 saturated carbocycles. The molecular weight excluding hydrogens is 308 g/mol. The summed E-state index contributed by atoms with van der Waals surface area (Å²) in [5, 5.41) is 11.3. The fourth-order valence-corrected chi connectivity index (χ4v) is 2.56. The van der Waals surface area contributed by atoms with E-state index < -0.39 is 0 Å². The van der Waals surface area contributed by atoms with Crippen molar-refractivity contribution in [2.75, 3.05) is 43.5 Å². The Morgan fingerprint density at radius 2 is 2.04 bits per heavy atom. The Kier molecular flexibility index (Phi) is 4.74. The minimum absolute atomic E-state index is 0.0992. The van der Waals surface area contributed by atoms with Gasteiger partial charge in [-0.2, -0.15) is 10.1 Å². The van der Waals surface area contributed by atoms with Crippen LogP contribution in [0.5, 0.6) is 5.75 Å². The topological polar surface area (TPSA) is 83.5 Å². The van der Waals surface area contributed by atoms with Crippen molar-refractivity contribution in [1.29, 1.82) is 0 Å². The Bertz CT molecular complexity index is 715. The van der Waals surface area contributed by atoms with Gasteiger partial charge in [-0.25, -0.2) is 0 Å². The van der Waals surface area contributed by atoms with Gasteiger partial charge in [0.2, 0.25) is 11.9 Å². The maximum Gasteiger partial charge on any atom is 0.247 e. The van der Waals surface area contributed by atoms with Crippen LogP contribution in [0.3, 0.4) is 0 Å². The van der Waals surface area contributed by atoms with Crippen molar-refractivity contribution in [2.24, 2.45) is 0 Å². The lowest BCUT2D eigenvalue weighted by atomic mass is 10.3. The molecule has 0 unspecified atom stereocenters. The molecule has 1 aliphatic heterocycles. The van der Waals surface area contributed by atoms with Crippen molar-refractivity contribution in [2.45, 2.75) is 6.92 Å². The van der Waals surface area contributed by atoms with Crippen LogP contribution in [0.1, 0.15) is 6.92 Å². The number of benzene rings is 1. The molecule has 2 heterocycles. The molecule has 8 nitrogen and oxygen atoms in total. The fraction of sp³-hybridized carbons (Fsp3) is 0.375. The SMILES string of the molecule is COc1cccc(Nc2cnnc(N3CCN(C(C)=O)CC3)n2)c1. The molecule has 0 radical (unpaired) electrons. The van der Waals surface area contributed by atoms with Gasteiger partial charge in [0.25, 0.3) is 0 Å². The minimum atomic E-state index is 0.0992. The number of hydrogen-bond donors (Lipinski definition) is 1. The highest BCUT2D eigenvalue weighted by Gasteiger charge is 2.20. The molecule has 126 valence electrons. The Labute approximate surface area is 140 Å². The van der Waals surface area contributed by atoms with E-state index in [4.69, 9.17) is 4.74 Å². The average molecular weight is 328 g/mol. The van der Waals surface area contributed by atoms with Crippen LogP contribution in [0.15, 0.2) is 30.5 Å². The number of amides is 1. The zero-order valence-corrected chi connectivity index (χ0v) is 13.8. The third-order valence-corrected chi connectivity index (χ3v) is 3.90. The van der Waals surface area contributed by atoms with Crippen LogP contribution in [-0.4, -0.2) is 59.3 Å². The minimum Gasteiger partial charge on any atom is -0.497 e. The summed E-state index contributed by atoms with van der Waals surface area (Å²) in [4.78, 5) is 19.8. The standard InChI is InChI=1S/C16H20N6O2/c1-12(23)21-6-8-22(9-7-21)16-19-15(11-17-20-16)18-13-4-3-5-14(10-13)24-2/h3-5,10-11H,6-9H2,1-2H3,(H,18,19,20). The maximum atomic E-state index is 11.4. The Hall–Kier alpha value is -2.90. The number of nitrogens with one attached hydrogen (secondary N) is 1. The number of ether oxygens (including phenoxy) is 1. The van der Waals surface area contributed by atoms with Gasteiger partial charge in [0.15, 0.2) is 5.82 Å². The number of hydrogen-bond acceptors (Lipinski definition) is 7. The number of rotatable bonds is 4. The predicted molar refractivity (Wildman–Crippen MR) is 90.6 cm³/mol. The lowest BCUT2D eigenvalue weighted by molar-refractivity contribution is -0.129. The predicted octanol–water partition coefficient (Wildman–Crippen LogP) is 1.29. The van der Waals surface area contributed by atoms with E-state index in [1.165, 1.54) is 0 Å². The zero-order chi connectivity index (χ0) is 16.9. The number of carbonyl (C=O) groups excluding carboxylic acids is 1. The molecule has 24 heavy (non-hydrogen) atoms. The molecule has 3 rings (SSSR count). The van der Waals surface area contributed by atoms with Gasteiger partial charge in [0.05, 0.1) is 13.3 Å². The van der Waals surface area contributed by atoms with E-state index >= 15 is 0 Å². The van der Waals surface area contributed by atoms with E-state index in [0.717, 1.165) is 11.4 Å². The molecule has 1 aromatic heterocycles. The summed E-state index contributed by atoms with van der Waals surface area (Å²) in [5.41, 5.74) is 0.863. The molecule has 0 spiro atoms. The number of nitrogens with zero attached hydrogens (tertiary/aromatic N) is 5. The monoisotopic (exact) mass is 328 g/mol. The smallest absolute Gasteiger partial charge is 0.247 e. The Balaban J connectivity index is 1.69. The van der Waals surface area contributed by atoms with Crippen LogP contribution >= 0.6 is 0 Å². The second kappa shape index (κ2) is 7.12. The van der Waals surface area contributed by atoms with Gasteiger partial charge >= 0.3 is 0 Å². The summed E-state index contributed by atoms with van der Waals surface area (Å²) in [6.45, 7) is 4.33. The largest absolute Gasteiger partial charge is 0.497 e. The van der Waals surface area contributed by atoms with Gasteiger partial charge in [-0.1, -0.05) is 6.07 Å². The molecule has 1 saturated heterocycles. The first-order chi connectivity index (χ1) is 11.7. The van der Waals surface area contributed by atoms with Gasteiger partial charge < -0.3 is 19.9 Å². The van der Waals surface area contributed by atoms with Gasteiger partial charge in [-0.3, -0.25) is 4.79 Å². The van der Waals surface area contributed by atoms with Gasteiger partial charge in [-0.05, 0) is 12.1 Å². The third kappa shape index (κ3) is 3.70. The van der Waals surface area contributed by atoms with Crippen LogP contribution in [0.4, 0.5) is 17.5 Å². The van der Waals surface area contributed by atoms with Crippen molar-refractivity contribution in [3.8, 4) is 5.75 Å². The summed E-state index contributed by atoms with van der Waals surface area (Å²) in [5.74, 6) is 2.04. The lowest BCUT2D eigenvalue weighted by Crippen LogP contribution is -2.48. The van der Waals surface area contributed by atoms with Crippen molar-refractivity contribution in [3.05, 3.63) is 30.5 Å². The summed E-state index contributed by atoms with van der Waals surface area (Å²) in [7, 11) is 1.63. The number of piperazine rings is 1. The summed E-state index contributed by atoms with van der Waals surface area (Å²) in [6.07, 6.45) is 1.58. The van der Waals surface area contributed by atoms with Crippen molar-refractivity contribution in [3.63, 3.8) is 0 Å². The highest BCUT2D eigenvalue weighted by atomic mass is 16.5. The number of anilines is 3. The highest BCUT2D eigenvalue weighted by molar-refractivity contribution is 5.73. The lowest BCUT2D eigenvalue weighted by Gasteiger charge is -2.33. The van der Waals surface area contributed by atoms with E-state index in [-0.39, 0.29) is 5.91 Å². The number of aromatic nitrogens is 3. The highest BCUT2D eigenvalue weighted by Crippen LogP contribution is 2.21. The van der Waals surface area contributed by atoms with E-state index in [2.05, 4.69) is 20.5 Å². The molecule has 1 aromatic carbocycles. The Morgan fingerprint density at radius 1 is 1.25 bits per heavy atom. The number of methoxy groups -OCH3 is 1. The van der Waals surface area contributed by atoms with Gasteiger partial charge in [0, 0.05) is 44.9 Å². The summed E-state index contributed by atoms with van der Waals surface area (Å²) in [6, 6.07) is 7.59. The summed E-state index contributed by atoms with van der Waals surface area (Å²) < 4.78 is 5.21. The number of carbonyl (C=O) groups is 1. The van der Waals surface area contributed by atoms with Crippen LogP contribution < -0.4 is 15.0 Å². The molecular formula is C16H20N6O2. The first kappa shape index (κ1) is 16.0. The second-order valence-corrected chi connectivity index (χ2v) is 5.49. The van der Waals surface area contributed by atoms with E-state index in [0.29, 0.717) is 37.9 Å². The van der Waals surface area contributed by atoms with Gasteiger partial charge in [-0.15, -0.1) is 5.10 Å². The van der Waals surface area contributed by atoms with Crippen molar-refractivity contribution in [1.82, 2.24) is 20.1 Å². The quantitative estimate of drug-likeness (QED) is 0.905. The molecule has 1 aliphatic rings. The van der Waals surface area contributed by atoms with E-state index in [1.807, 2.05) is 34.1 Å². The van der Waals surface area contributed by atoms with E-state index in [9.17, 15) is 4.79 Å². The second-order valence-electron chi connectivity index (χ2n) is 5.49. The first-order valence-electron chi connectivity index (χ1n) is 7.77. The van der Waals surface area contributed by atoms with Crippen molar-refractivity contribution >= 4 is 23.4 Å². The van der Waals surface area contributed by atoms with Crippen LogP contribution in [-0.2, 0) is 4.79 Å². The van der Waals surface area contributed by atoms with Crippen LogP contribution in [0.25, 0.3) is 0 Å². The molecule has 8 heteroatoms. The molecule has 1 amide bonds. The molecule has 0 atom stereocenters. The molecule has 2 aromatic rings. The molecule has 1 N–H and O–H groups in total. The Morgan fingerprint density at radius 3 is 2.75 bits per heavy atom. The third-order valence-electron chi connectivity index (χ3n) is 3.90. The molecule has 0 bridgehead atoms. The van der Waals surface area contributed by atoms with E-state index in [1.54, 1.807) is 20.2 Å². The van der Waals surface area contributed by atoms with Gasteiger partial charge in [0.1, 0.15) is 5.75 Å². The normalized spacial score (nSPS) is 14.4. The van der Waals surface area contributed by atoms with Crippen LogP contribution in [0.2, 0.25) is 0 Å². The average Bonchev–Trinajstić information content (AvgIpc) is 2.62. The molecule has 0 aliphatic carbocycles. The molecule has 1 fully saturated rings.